The molecule has 0 saturated heterocycles. The average Bonchev–Trinajstić information content (AvgIpc) is 2.49. The number of nitrogens with one attached hydrogen (secondary N) is 1. The Morgan fingerprint density at radius 2 is 1.92 bits per heavy atom. The summed E-state index contributed by atoms with van der Waals surface area (Å²) < 4.78 is 0. The van der Waals surface area contributed by atoms with Gasteiger partial charge in [0.1, 0.15) is 0 Å². The fourth-order valence-corrected chi connectivity index (χ4v) is 2.66. The van der Waals surface area contributed by atoms with Gasteiger partial charge in [-0.15, -0.1) is 0 Å². The first-order chi connectivity index (χ1) is 6.38. The van der Waals surface area contributed by atoms with Crippen LogP contribution in [0, 0.1) is 11.8 Å². The van der Waals surface area contributed by atoms with E-state index in [1.807, 2.05) is 0 Å². The number of rotatable bonds is 4. The first-order valence-electron chi connectivity index (χ1n) is 6.12. The van der Waals surface area contributed by atoms with E-state index in [1.54, 1.807) is 0 Å². The van der Waals surface area contributed by atoms with E-state index in [2.05, 4.69) is 12.2 Å². The van der Waals surface area contributed by atoms with Gasteiger partial charge < -0.3 is 5.32 Å². The Bertz CT molecular complexity index is 151. The Balaban J connectivity index is 1.59. The molecule has 0 amide bonds. The zero-order valence-electron chi connectivity index (χ0n) is 8.89. The van der Waals surface area contributed by atoms with Crippen molar-refractivity contribution in [1.29, 1.82) is 0 Å². The highest BCUT2D eigenvalue weighted by molar-refractivity contribution is 4.82. The van der Waals surface area contributed by atoms with Gasteiger partial charge in [0.15, 0.2) is 0 Å². The zero-order chi connectivity index (χ0) is 9.10. The summed E-state index contributed by atoms with van der Waals surface area (Å²) in [6.45, 7) is 3.64. The molecule has 2 unspecified atom stereocenters. The molecule has 0 aromatic carbocycles. The predicted molar refractivity (Wildman–Crippen MR) is 56.8 cm³/mol. The van der Waals surface area contributed by atoms with Crippen molar-refractivity contribution >= 4 is 0 Å². The Hall–Kier alpha value is -0.0400. The summed E-state index contributed by atoms with van der Waals surface area (Å²) in [7, 11) is 0. The maximum absolute atomic E-state index is 3.75. The fourth-order valence-electron chi connectivity index (χ4n) is 2.66. The van der Waals surface area contributed by atoms with E-state index >= 15 is 0 Å². The van der Waals surface area contributed by atoms with Gasteiger partial charge in [-0.2, -0.15) is 0 Å². The zero-order valence-corrected chi connectivity index (χ0v) is 8.89. The first kappa shape index (κ1) is 9.51. The molecule has 76 valence electrons. The molecule has 0 radical (unpaired) electrons. The highest BCUT2D eigenvalue weighted by Gasteiger charge is 2.24. The van der Waals surface area contributed by atoms with E-state index in [4.69, 9.17) is 0 Å². The normalized spacial score (nSPS) is 34.8. The SMILES string of the molecule is CCC1CCC(NCC2CCC2)C1. The Morgan fingerprint density at radius 3 is 2.46 bits per heavy atom. The molecule has 2 saturated carbocycles. The van der Waals surface area contributed by atoms with Crippen molar-refractivity contribution < 1.29 is 0 Å². The molecule has 2 fully saturated rings. The van der Waals surface area contributed by atoms with Crippen LogP contribution < -0.4 is 5.32 Å². The Kier molecular flexibility index (Phi) is 3.26. The lowest BCUT2D eigenvalue weighted by Gasteiger charge is -2.27. The van der Waals surface area contributed by atoms with E-state index in [-0.39, 0.29) is 0 Å². The molecule has 1 nitrogen and oxygen atoms in total. The second kappa shape index (κ2) is 4.45. The summed E-state index contributed by atoms with van der Waals surface area (Å²) in [5, 5.41) is 3.75. The molecule has 0 aliphatic heterocycles. The largest absolute Gasteiger partial charge is 0.314 e. The predicted octanol–water partition coefficient (Wildman–Crippen LogP) is 2.95. The first-order valence-corrected chi connectivity index (χ1v) is 6.12. The molecule has 2 aliphatic carbocycles. The van der Waals surface area contributed by atoms with Crippen LogP contribution in [0.4, 0.5) is 0 Å². The van der Waals surface area contributed by atoms with Crippen molar-refractivity contribution in [3.8, 4) is 0 Å². The van der Waals surface area contributed by atoms with E-state index in [0.29, 0.717) is 0 Å². The van der Waals surface area contributed by atoms with Crippen LogP contribution in [-0.2, 0) is 0 Å². The van der Waals surface area contributed by atoms with Crippen molar-refractivity contribution in [1.82, 2.24) is 5.32 Å². The summed E-state index contributed by atoms with van der Waals surface area (Å²) >= 11 is 0. The monoisotopic (exact) mass is 181 g/mol. The Morgan fingerprint density at radius 1 is 1.08 bits per heavy atom. The van der Waals surface area contributed by atoms with E-state index < -0.39 is 0 Å². The van der Waals surface area contributed by atoms with Crippen LogP contribution >= 0.6 is 0 Å². The van der Waals surface area contributed by atoms with E-state index in [1.165, 1.54) is 51.5 Å². The third-order valence-corrected chi connectivity index (χ3v) is 4.04. The molecule has 0 bridgehead atoms. The lowest BCUT2D eigenvalue weighted by atomic mass is 9.85. The summed E-state index contributed by atoms with van der Waals surface area (Å²) in [6, 6.07) is 0.866. The minimum atomic E-state index is 0.866. The van der Waals surface area contributed by atoms with Crippen molar-refractivity contribution in [3.63, 3.8) is 0 Å². The standard InChI is InChI=1S/C12H23N/c1-2-10-6-7-12(8-10)13-9-11-4-3-5-11/h10-13H,2-9H2,1H3. The third kappa shape index (κ3) is 2.46. The van der Waals surface area contributed by atoms with Gasteiger partial charge in [-0.3, -0.25) is 0 Å². The highest BCUT2D eigenvalue weighted by Crippen LogP contribution is 2.29. The lowest BCUT2D eigenvalue weighted by Crippen LogP contribution is -2.34. The quantitative estimate of drug-likeness (QED) is 0.703. The van der Waals surface area contributed by atoms with Gasteiger partial charge in [0, 0.05) is 6.04 Å². The summed E-state index contributed by atoms with van der Waals surface area (Å²) in [6.07, 6.45) is 10.2. The van der Waals surface area contributed by atoms with Gasteiger partial charge in [-0.25, -0.2) is 0 Å². The fraction of sp³-hybridized carbons (Fsp3) is 1.00. The summed E-state index contributed by atoms with van der Waals surface area (Å²) in [4.78, 5) is 0. The smallest absolute Gasteiger partial charge is 0.00699 e. The number of hydrogen-bond donors (Lipinski definition) is 1. The van der Waals surface area contributed by atoms with Gasteiger partial charge in [-0.05, 0) is 50.5 Å². The minimum absolute atomic E-state index is 0.866. The molecule has 0 aromatic heterocycles. The molecule has 0 heterocycles. The molecule has 1 heteroatoms. The van der Waals surface area contributed by atoms with Gasteiger partial charge in [-0.1, -0.05) is 19.8 Å². The van der Waals surface area contributed by atoms with Crippen LogP contribution in [-0.4, -0.2) is 12.6 Å². The average molecular weight is 181 g/mol. The summed E-state index contributed by atoms with van der Waals surface area (Å²) in [5.74, 6) is 2.06. The molecule has 2 atom stereocenters. The van der Waals surface area contributed by atoms with Crippen molar-refractivity contribution in [2.24, 2.45) is 11.8 Å². The van der Waals surface area contributed by atoms with Crippen LogP contribution in [0.3, 0.4) is 0 Å². The van der Waals surface area contributed by atoms with Crippen molar-refractivity contribution in [2.75, 3.05) is 6.54 Å². The van der Waals surface area contributed by atoms with E-state index in [9.17, 15) is 0 Å². The number of hydrogen-bond acceptors (Lipinski definition) is 1. The second-order valence-corrected chi connectivity index (χ2v) is 4.99. The summed E-state index contributed by atoms with van der Waals surface area (Å²) in [5.41, 5.74) is 0. The highest BCUT2D eigenvalue weighted by atomic mass is 14.9. The van der Waals surface area contributed by atoms with Crippen LogP contribution in [0.2, 0.25) is 0 Å². The maximum Gasteiger partial charge on any atom is 0.00699 e. The molecule has 0 aromatic rings. The maximum atomic E-state index is 3.75. The van der Waals surface area contributed by atoms with Crippen LogP contribution in [0.1, 0.15) is 51.9 Å². The Labute approximate surface area is 82.3 Å². The molecule has 13 heavy (non-hydrogen) atoms. The molecule has 1 N–H and O–H groups in total. The third-order valence-electron chi connectivity index (χ3n) is 4.04. The minimum Gasteiger partial charge on any atom is -0.314 e. The van der Waals surface area contributed by atoms with Crippen LogP contribution in [0.15, 0.2) is 0 Å². The second-order valence-electron chi connectivity index (χ2n) is 4.99. The van der Waals surface area contributed by atoms with Gasteiger partial charge in [0.25, 0.3) is 0 Å². The van der Waals surface area contributed by atoms with Crippen molar-refractivity contribution in [2.45, 2.75) is 57.9 Å². The molecule has 0 spiro atoms. The molecule has 2 aliphatic rings. The molecular formula is C12H23N. The van der Waals surface area contributed by atoms with Gasteiger partial charge >= 0.3 is 0 Å². The molecular weight excluding hydrogens is 158 g/mol. The van der Waals surface area contributed by atoms with Crippen molar-refractivity contribution in [3.05, 3.63) is 0 Å². The van der Waals surface area contributed by atoms with Gasteiger partial charge in [0.2, 0.25) is 0 Å². The molecule has 2 rings (SSSR count). The lowest BCUT2D eigenvalue weighted by molar-refractivity contribution is 0.287. The van der Waals surface area contributed by atoms with Crippen LogP contribution in [0.25, 0.3) is 0 Å². The van der Waals surface area contributed by atoms with Gasteiger partial charge in [0.05, 0.1) is 0 Å². The van der Waals surface area contributed by atoms with Crippen LogP contribution in [0.5, 0.6) is 0 Å². The topological polar surface area (TPSA) is 12.0 Å². The van der Waals surface area contributed by atoms with E-state index in [0.717, 1.165) is 17.9 Å².